The molecule has 1 amide bonds. The Kier molecular flexibility index (Phi) is 4.21. The second kappa shape index (κ2) is 6.16. The van der Waals surface area contributed by atoms with Crippen LogP contribution in [0.3, 0.4) is 0 Å². The van der Waals surface area contributed by atoms with Gasteiger partial charge in [-0.15, -0.1) is 0 Å². The molecule has 0 spiro atoms. The molecule has 1 aliphatic rings. The van der Waals surface area contributed by atoms with Crippen LogP contribution in [0.5, 0.6) is 0 Å². The first-order valence-electron chi connectivity index (χ1n) is 7.99. The van der Waals surface area contributed by atoms with Gasteiger partial charge in [-0.25, -0.2) is 0 Å². The summed E-state index contributed by atoms with van der Waals surface area (Å²) < 4.78 is 7.64. The van der Waals surface area contributed by atoms with E-state index in [1.807, 2.05) is 20.8 Å². The van der Waals surface area contributed by atoms with Crippen LogP contribution in [-0.2, 0) is 24.2 Å². The first kappa shape index (κ1) is 15.7. The molecule has 23 heavy (non-hydrogen) atoms. The van der Waals surface area contributed by atoms with Gasteiger partial charge in [0.1, 0.15) is 5.69 Å². The Labute approximate surface area is 135 Å². The van der Waals surface area contributed by atoms with Gasteiger partial charge in [0.25, 0.3) is 5.91 Å². The lowest BCUT2D eigenvalue weighted by Crippen LogP contribution is -2.30. The van der Waals surface area contributed by atoms with Crippen LogP contribution >= 0.6 is 0 Å². The van der Waals surface area contributed by atoms with Crippen LogP contribution in [0.2, 0.25) is 0 Å². The Bertz CT molecular complexity index is 692. The highest BCUT2D eigenvalue weighted by atomic mass is 16.5. The van der Waals surface area contributed by atoms with Gasteiger partial charge >= 0.3 is 0 Å². The van der Waals surface area contributed by atoms with Gasteiger partial charge in [-0.05, 0) is 20.8 Å². The molecule has 0 unspecified atom stereocenters. The van der Waals surface area contributed by atoms with E-state index in [1.54, 1.807) is 29.0 Å². The van der Waals surface area contributed by atoms with Crippen molar-refractivity contribution < 1.29 is 9.53 Å². The number of aryl methyl sites for hydroxylation is 1. The van der Waals surface area contributed by atoms with Crippen LogP contribution in [-0.4, -0.2) is 43.9 Å². The molecule has 0 aromatic carbocycles. The number of nitrogens with one attached hydrogen (secondary N) is 1. The van der Waals surface area contributed by atoms with Crippen molar-refractivity contribution in [1.29, 1.82) is 0 Å². The van der Waals surface area contributed by atoms with Gasteiger partial charge in [0.2, 0.25) is 0 Å². The van der Waals surface area contributed by atoms with Gasteiger partial charge in [0.05, 0.1) is 24.1 Å². The highest BCUT2D eigenvalue weighted by Gasteiger charge is 2.32. The van der Waals surface area contributed by atoms with Gasteiger partial charge in [0, 0.05) is 43.9 Å². The van der Waals surface area contributed by atoms with Crippen molar-refractivity contribution in [2.45, 2.75) is 52.5 Å². The van der Waals surface area contributed by atoms with Crippen LogP contribution in [0.4, 0.5) is 0 Å². The third kappa shape index (κ3) is 2.88. The molecular formula is C16H23N5O2. The van der Waals surface area contributed by atoms with E-state index in [2.05, 4.69) is 15.3 Å². The summed E-state index contributed by atoms with van der Waals surface area (Å²) in [6, 6.07) is 0. The predicted octanol–water partition coefficient (Wildman–Crippen LogP) is 1.92. The van der Waals surface area contributed by atoms with Gasteiger partial charge in [-0.2, -0.15) is 10.2 Å². The quantitative estimate of drug-likeness (QED) is 0.935. The van der Waals surface area contributed by atoms with Crippen LogP contribution in [0.25, 0.3) is 0 Å². The number of carbonyl (C=O) groups excluding carboxylic acids is 1. The molecule has 0 fully saturated rings. The molecule has 1 aliphatic heterocycles. The SMILES string of the molecule is CCn1nc2c(c1C(=O)N(C)Cc1cn[nH]c1)C[C@H](C)O[C@@H]2C. The number of ether oxygens (including phenoxy) is 1. The molecule has 7 heteroatoms. The first-order chi connectivity index (χ1) is 11.0. The maximum absolute atomic E-state index is 13.0. The van der Waals surface area contributed by atoms with Gasteiger partial charge in [-0.3, -0.25) is 14.6 Å². The molecule has 0 saturated carbocycles. The molecule has 0 bridgehead atoms. The minimum absolute atomic E-state index is 0.0110. The van der Waals surface area contributed by atoms with Crippen LogP contribution in [0.1, 0.15) is 54.2 Å². The van der Waals surface area contributed by atoms with E-state index in [0.29, 0.717) is 18.8 Å². The molecule has 3 rings (SSSR count). The molecular weight excluding hydrogens is 294 g/mol. The number of fused-ring (bicyclic) bond motifs is 1. The van der Waals surface area contributed by atoms with Crippen molar-refractivity contribution in [1.82, 2.24) is 24.9 Å². The van der Waals surface area contributed by atoms with Crippen molar-refractivity contribution in [2.75, 3.05) is 7.05 Å². The highest BCUT2D eigenvalue weighted by Crippen LogP contribution is 2.32. The Hall–Kier alpha value is -2.15. The average molecular weight is 317 g/mol. The molecule has 0 saturated heterocycles. The van der Waals surface area contributed by atoms with Crippen molar-refractivity contribution in [3.63, 3.8) is 0 Å². The van der Waals surface area contributed by atoms with Gasteiger partial charge in [0.15, 0.2) is 0 Å². The van der Waals surface area contributed by atoms with E-state index in [0.717, 1.165) is 23.2 Å². The lowest BCUT2D eigenvalue weighted by molar-refractivity contribution is -0.00715. The number of carbonyl (C=O) groups is 1. The molecule has 0 aliphatic carbocycles. The average Bonchev–Trinajstić information content (AvgIpc) is 3.13. The predicted molar refractivity (Wildman–Crippen MR) is 85.0 cm³/mol. The normalized spacial score (nSPS) is 20.3. The fraction of sp³-hybridized carbons (Fsp3) is 0.562. The Morgan fingerprint density at radius 1 is 1.52 bits per heavy atom. The Morgan fingerprint density at radius 2 is 2.30 bits per heavy atom. The minimum Gasteiger partial charge on any atom is -0.369 e. The molecule has 3 heterocycles. The Morgan fingerprint density at radius 3 is 2.96 bits per heavy atom. The van der Waals surface area contributed by atoms with Crippen molar-refractivity contribution >= 4 is 5.91 Å². The zero-order valence-corrected chi connectivity index (χ0v) is 14.0. The molecule has 0 radical (unpaired) electrons. The summed E-state index contributed by atoms with van der Waals surface area (Å²) in [4.78, 5) is 14.7. The minimum atomic E-state index is -0.0766. The maximum Gasteiger partial charge on any atom is 0.272 e. The van der Waals surface area contributed by atoms with Crippen LogP contribution in [0, 0.1) is 0 Å². The summed E-state index contributed by atoms with van der Waals surface area (Å²) in [5.74, 6) is -0.0110. The summed E-state index contributed by atoms with van der Waals surface area (Å²) in [5.41, 5.74) is 3.59. The number of amides is 1. The highest BCUT2D eigenvalue weighted by molar-refractivity contribution is 5.94. The smallest absolute Gasteiger partial charge is 0.272 e. The topological polar surface area (TPSA) is 76.0 Å². The van der Waals surface area contributed by atoms with Crippen molar-refractivity contribution in [3.8, 4) is 0 Å². The molecule has 7 nitrogen and oxygen atoms in total. The largest absolute Gasteiger partial charge is 0.369 e. The second-order valence-electron chi connectivity index (χ2n) is 6.09. The number of aromatic amines is 1. The summed E-state index contributed by atoms with van der Waals surface area (Å²) in [7, 11) is 1.81. The zero-order valence-electron chi connectivity index (χ0n) is 14.0. The summed E-state index contributed by atoms with van der Waals surface area (Å²) >= 11 is 0. The fourth-order valence-corrected chi connectivity index (χ4v) is 3.15. The maximum atomic E-state index is 13.0. The van der Waals surface area contributed by atoms with Gasteiger partial charge in [-0.1, -0.05) is 0 Å². The monoisotopic (exact) mass is 317 g/mol. The molecule has 2 aromatic heterocycles. The summed E-state index contributed by atoms with van der Waals surface area (Å²) in [6.45, 7) is 7.20. The number of aromatic nitrogens is 4. The molecule has 2 aromatic rings. The lowest BCUT2D eigenvalue weighted by Gasteiger charge is -2.25. The van der Waals surface area contributed by atoms with Crippen LogP contribution < -0.4 is 0 Å². The van der Waals surface area contributed by atoms with E-state index in [-0.39, 0.29) is 18.1 Å². The third-order valence-electron chi connectivity index (χ3n) is 4.22. The van der Waals surface area contributed by atoms with E-state index in [9.17, 15) is 4.79 Å². The lowest BCUT2D eigenvalue weighted by atomic mass is 9.99. The van der Waals surface area contributed by atoms with Crippen molar-refractivity contribution in [2.24, 2.45) is 0 Å². The van der Waals surface area contributed by atoms with E-state index < -0.39 is 0 Å². The third-order valence-corrected chi connectivity index (χ3v) is 4.22. The molecule has 2 atom stereocenters. The summed E-state index contributed by atoms with van der Waals surface area (Å²) in [5, 5.41) is 11.3. The van der Waals surface area contributed by atoms with Crippen LogP contribution in [0.15, 0.2) is 12.4 Å². The molecule has 124 valence electrons. The number of hydrogen-bond donors (Lipinski definition) is 1. The zero-order chi connectivity index (χ0) is 16.6. The van der Waals surface area contributed by atoms with E-state index >= 15 is 0 Å². The second-order valence-corrected chi connectivity index (χ2v) is 6.09. The van der Waals surface area contributed by atoms with E-state index in [1.165, 1.54) is 0 Å². The number of rotatable bonds is 4. The number of nitrogens with zero attached hydrogens (tertiary/aromatic N) is 4. The van der Waals surface area contributed by atoms with Crippen molar-refractivity contribution in [3.05, 3.63) is 34.9 Å². The standard InChI is InChI=1S/C16H23N5O2/c1-5-21-15(13-6-10(2)23-11(3)14(13)19-21)16(22)20(4)9-12-7-17-18-8-12/h7-8,10-11H,5-6,9H2,1-4H3,(H,17,18)/t10-,11+/m0/s1. The Balaban J connectivity index is 1.93. The summed E-state index contributed by atoms with van der Waals surface area (Å²) in [6.07, 6.45) is 4.27. The fourth-order valence-electron chi connectivity index (χ4n) is 3.15. The first-order valence-corrected chi connectivity index (χ1v) is 7.99. The number of hydrogen-bond acceptors (Lipinski definition) is 4. The molecule has 1 N–H and O–H groups in total. The van der Waals surface area contributed by atoms with Gasteiger partial charge < -0.3 is 9.64 Å². The van der Waals surface area contributed by atoms with E-state index in [4.69, 9.17) is 4.74 Å². The number of H-pyrrole nitrogens is 1.